The van der Waals surface area contributed by atoms with E-state index < -0.39 is 0 Å². The maximum atomic E-state index is 12.0. The summed E-state index contributed by atoms with van der Waals surface area (Å²) >= 11 is 0. The van der Waals surface area contributed by atoms with Crippen molar-refractivity contribution in [2.45, 2.75) is 44.6 Å². The number of urea groups is 1. The van der Waals surface area contributed by atoms with E-state index in [0.29, 0.717) is 6.61 Å². The molecule has 5 heteroatoms. The van der Waals surface area contributed by atoms with Crippen LogP contribution in [0.3, 0.4) is 0 Å². The van der Waals surface area contributed by atoms with Crippen molar-refractivity contribution in [1.82, 2.24) is 15.5 Å². The smallest absolute Gasteiger partial charge is 0.315 e. The molecule has 1 saturated heterocycles. The molecule has 1 fully saturated rings. The quantitative estimate of drug-likeness (QED) is 0.815. The SMILES string of the molecule is O=C(NCCCN1CCCCCC1)N[C@H]1COc2ccccc2C1. The van der Waals surface area contributed by atoms with Crippen molar-refractivity contribution in [3.05, 3.63) is 29.8 Å². The molecular weight excluding hydrogens is 302 g/mol. The van der Waals surface area contributed by atoms with E-state index in [-0.39, 0.29) is 12.1 Å². The molecule has 24 heavy (non-hydrogen) atoms. The molecule has 0 spiro atoms. The first-order valence-electron chi connectivity index (χ1n) is 9.29. The van der Waals surface area contributed by atoms with Gasteiger partial charge in [0.1, 0.15) is 12.4 Å². The number of carbonyl (C=O) groups is 1. The van der Waals surface area contributed by atoms with Gasteiger partial charge in [-0.3, -0.25) is 0 Å². The molecular formula is C19H29N3O2. The van der Waals surface area contributed by atoms with Crippen molar-refractivity contribution in [2.24, 2.45) is 0 Å². The minimum Gasteiger partial charge on any atom is -0.491 e. The minimum absolute atomic E-state index is 0.0468. The number of fused-ring (bicyclic) bond motifs is 1. The highest BCUT2D eigenvalue weighted by Crippen LogP contribution is 2.23. The Labute approximate surface area is 144 Å². The van der Waals surface area contributed by atoms with Crippen LogP contribution in [0.1, 0.15) is 37.7 Å². The molecule has 3 rings (SSSR count). The number of hydrogen-bond acceptors (Lipinski definition) is 3. The van der Waals surface area contributed by atoms with E-state index in [4.69, 9.17) is 4.74 Å². The first kappa shape index (κ1) is 17.1. The molecule has 1 aromatic rings. The van der Waals surface area contributed by atoms with Crippen molar-refractivity contribution >= 4 is 6.03 Å². The van der Waals surface area contributed by atoms with Gasteiger partial charge in [-0.2, -0.15) is 0 Å². The third-order valence-corrected chi connectivity index (χ3v) is 4.85. The predicted molar refractivity (Wildman–Crippen MR) is 95.5 cm³/mol. The Balaban J connectivity index is 1.31. The Bertz CT molecular complexity index is 527. The van der Waals surface area contributed by atoms with Crippen molar-refractivity contribution in [3.8, 4) is 5.75 Å². The number of ether oxygens (including phenoxy) is 1. The molecule has 1 aromatic carbocycles. The van der Waals surface area contributed by atoms with Gasteiger partial charge in [-0.25, -0.2) is 4.79 Å². The van der Waals surface area contributed by atoms with Gasteiger partial charge >= 0.3 is 6.03 Å². The molecule has 0 bridgehead atoms. The van der Waals surface area contributed by atoms with Crippen molar-refractivity contribution in [1.29, 1.82) is 0 Å². The Kier molecular flexibility index (Phi) is 6.35. The van der Waals surface area contributed by atoms with Crippen molar-refractivity contribution < 1.29 is 9.53 Å². The van der Waals surface area contributed by atoms with E-state index in [1.165, 1.54) is 38.8 Å². The molecule has 2 aliphatic heterocycles. The second-order valence-corrected chi connectivity index (χ2v) is 6.83. The van der Waals surface area contributed by atoms with Gasteiger partial charge in [-0.1, -0.05) is 31.0 Å². The van der Waals surface area contributed by atoms with Gasteiger partial charge < -0.3 is 20.3 Å². The van der Waals surface area contributed by atoms with Crippen molar-refractivity contribution in [3.63, 3.8) is 0 Å². The molecule has 132 valence electrons. The molecule has 2 aliphatic rings. The second-order valence-electron chi connectivity index (χ2n) is 6.83. The number of hydrogen-bond donors (Lipinski definition) is 2. The maximum Gasteiger partial charge on any atom is 0.315 e. The average molecular weight is 331 g/mol. The van der Waals surface area contributed by atoms with Gasteiger partial charge in [0.2, 0.25) is 0 Å². The van der Waals surface area contributed by atoms with Gasteiger partial charge in [0.25, 0.3) is 0 Å². The second kappa shape index (κ2) is 8.92. The lowest BCUT2D eigenvalue weighted by molar-refractivity contribution is 0.213. The van der Waals surface area contributed by atoms with Crippen LogP contribution in [-0.4, -0.2) is 49.8 Å². The normalized spacial score (nSPS) is 21.2. The van der Waals surface area contributed by atoms with E-state index in [2.05, 4.69) is 21.6 Å². The Hall–Kier alpha value is -1.75. The summed E-state index contributed by atoms with van der Waals surface area (Å²) in [7, 11) is 0. The van der Waals surface area contributed by atoms with Crippen LogP contribution in [0.4, 0.5) is 4.79 Å². The maximum absolute atomic E-state index is 12.0. The molecule has 0 saturated carbocycles. The molecule has 5 nitrogen and oxygen atoms in total. The van der Waals surface area contributed by atoms with Crippen LogP contribution in [0.25, 0.3) is 0 Å². The van der Waals surface area contributed by atoms with Crippen LogP contribution >= 0.6 is 0 Å². The zero-order valence-electron chi connectivity index (χ0n) is 14.4. The summed E-state index contributed by atoms with van der Waals surface area (Å²) in [5.74, 6) is 0.938. The van der Waals surface area contributed by atoms with E-state index in [1.54, 1.807) is 0 Å². The Morgan fingerprint density at radius 2 is 1.96 bits per heavy atom. The van der Waals surface area contributed by atoms with E-state index in [0.717, 1.165) is 37.2 Å². The highest BCUT2D eigenvalue weighted by molar-refractivity contribution is 5.74. The standard InChI is InChI=1S/C19H29N3O2/c23-19(20-10-7-13-22-11-5-1-2-6-12-22)21-17-14-16-8-3-4-9-18(16)24-15-17/h3-4,8-9,17H,1-2,5-7,10-15H2,(H2,20,21,23)/t17-/m1/s1. The Morgan fingerprint density at radius 1 is 1.17 bits per heavy atom. The highest BCUT2D eigenvalue weighted by atomic mass is 16.5. The van der Waals surface area contributed by atoms with Gasteiger partial charge in [-0.15, -0.1) is 0 Å². The van der Waals surface area contributed by atoms with Crippen LogP contribution in [-0.2, 0) is 6.42 Å². The summed E-state index contributed by atoms with van der Waals surface area (Å²) in [4.78, 5) is 14.6. The average Bonchev–Trinajstić information content (AvgIpc) is 2.87. The fourth-order valence-electron chi connectivity index (χ4n) is 3.52. The molecule has 0 radical (unpaired) electrons. The third kappa shape index (κ3) is 5.13. The van der Waals surface area contributed by atoms with E-state index >= 15 is 0 Å². The molecule has 2 amide bonds. The monoisotopic (exact) mass is 331 g/mol. The third-order valence-electron chi connectivity index (χ3n) is 4.85. The zero-order valence-corrected chi connectivity index (χ0v) is 14.4. The van der Waals surface area contributed by atoms with Crippen LogP contribution < -0.4 is 15.4 Å². The lowest BCUT2D eigenvalue weighted by atomic mass is 10.0. The minimum atomic E-state index is -0.0844. The fourth-order valence-corrected chi connectivity index (χ4v) is 3.52. The number of nitrogens with one attached hydrogen (secondary N) is 2. The number of para-hydroxylation sites is 1. The zero-order chi connectivity index (χ0) is 16.6. The van der Waals surface area contributed by atoms with Crippen LogP contribution in [0.15, 0.2) is 24.3 Å². The number of amides is 2. The molecule has 0 aromatic heterocycles. The molecule has 1 atom stereocenters. The van der Waals surface area contributed by atoms with E-state index in [1.807, 2.05) is 18.2 Å². The summed E-state index contributed by atoms with van der Waals surface area (Å²) in [6.45, 7) is 4.78. The summed E-state index contributed by atoms with van der Waals surface area (Å²) in [6.07, 6.45) is 7.20. The lowest BCUT2D eigenvalue weighted by Crippen LogP contribution is -2.47. The van der Waals surface area contributed by atoms with Gasteiger partial charge in [0.15, 0.2) is 0 Å². The van der Waals surface area contributed by atoms with Gasteiger partial charge in [0, 0.05) is 6.54 Å². The van der Waals surface area contributed by atoms with Gasteiger partial charge in [-0.05, 0) is 56.9 Å². The van der Waals surface area contributed by atoms with Crippen molar-refractivity contribution in [2.75, 3.05) is 32.8 Å². The van der Waals surface area contributed by atoms with Crippen LogP contribution in [0.5, 0.6) is 5.75 Å². The molecule has 0 unspecified atom stereocenters. The topological polar surface area (TPSA) is 53.6 Å². The first-order chi connectivity index (χ1) is 11.8. The number of rotatable bonds is 5. The summed E-state index contributed by atoms with van der Waals surface area (Å²) < 4.78 is 5.70. The molecule has 2 heterocycles. The number of carbonyl (C=O) groups excluding carboxylic acids is 1. The first-order valence-corrected chi connectivity index (χ1v) is 9.29. The number of benzene rings is 1. The summed E-state index contributed by atoms with van der Waals surface area (Å²) in [5.41, 5.74) is 1.16. The Morgan fingerprint density at radius 3 is 2.79 bits per heavy atom. The summed E-state index contributed by atoms with van der Waals surface area (Å²) in [6, 6.07) is 7.98. The number of nitrogens with zero attached hydrogens (tertiary/aromatic N) is 1. The molecule has 2 N–H and O–H groups in total. The van der Waals surface area contributed by atoms with Crippen LogP contribution in [0, 0.1) is 0 Å². The molecule has 0 aliphatic carbocycles. The fraction of sp³-hybridized carbons (Fsp3) is 0.632. The van der Waals surface area contributed by atoms with Crippen LogP contribution in [0.2, 0.25) is 0 Å². The summed E-state index contributed by atoms with van der Waals surface area (Å²) in [5, 5.41) is 6.00. The largest absolute Gasteiger partial charge is 0.491 e. The van der Waals surface area contributed by atoms with E-state index in [9.17, 15) is 4.79 Å². The lowest BCUT2D eigenvalue weighted by Gasteiger charge is -2.26. The highest BCUT2D eigenvalue weighted by Gasteiger charge is 2.20. The number of likely N-dealkylation sites (tertiary alicyclic amines) is 1. The van der Waals surface area contributed by atoms with Gasteiger partial charge in [0.05, 0.1) is 6.04 Å². The predicted octanol–water partition coefficient (Wildman–Crippen LogP) is 2.56.